The summed E-state index contributed by atoms with van der Waals surface area (Å²) < 4.78 is 37.6. The number of likely N-dealkylation sites (tertiary alicyclic amines) is 1. The molecule has 1 unspecified atom stereocenters. The average Bonchev–Trinajstić information content (AvgIpc) is 3.26. The number of sulfone groups is 1. The molecular weight excluding hydrogens is 448 g/mol. The second-order valence-corrected chi connectivity index (χ2v) is 11.0. The van der Waals surface area contributed by atoms with Crippen molar-refractivity contribution in [1.29, 1.82) is 0 Å². The standard InChI is InChI=1S/C23H28N2O7S/c1-12-10-13(2)16(14(3)11-12)22(28)32-23-15(4)17(19(26)24-8-6-7-9-24)25-20(27)18(31-5)21(25)33(23,29)30/h10-11,18,21,23H,6-9H2,1-5H3/t18-,21-,23?/m1/s1. The zero-order chi connectivity index (χ0) is 24.2. The van der Waals surface area contributed by atoms with E-state index in [9.17, 15) is 22.8 Å². The summed E-state index contributed by atoms with van der Waals surface area (Å²) in [6.45, 7) is 7.88. The molecule has 0 aromatic heterocycles. The molecule has 178 valence electrons. The lowest BCUT2D eigenvalue weighted by molar-refractivity contribution is -0.162. The summed E-state index contributed by atoms with van der Waals surface area (Å²) in [7, 11) is -2.99. The van der Waals surface area contributed by atoms with Gasteiger partial charge in [0.15, 0.2) is 11.5 Å². The zero-order valence-electron chi connectivity index (χ0n) is 19.4. The molecule has 3 aliphatic heterocycles. The zero-order valence-corrected chi connectivity index (χ0v) is 20.2. The molecule has 3 atom stereocenters. The lowest BCUT2D eigenvalue weighted by atomic mass is 10.00. The third-order valence-electron chi connectivity index (χ3n) is 6.54. The molecule has 0 saturated carbocycles. The lowest BCUT2D eigenvalue weighted by Gasteiger charge is -2.50. The fourth-order valence-electron chi connectivity index (χ4n) is 5.04. The quantitative estimate of drug-likeness (QED) is 0.479. The van der Waals surface area contributed by atoms with E-state index in [-0.39, 0.29) is 16.8 Å². The minimum absolute atomic E-state index is 0.0295. The minimum atomic E-state index is -4.23. The Morgan fingerprint density at radius 2 is 1.61 bits per heavy atom. The Bertz CT molecular complexity index is 1160. The summed E-state index contributed by atoms with van der Waals surface area (Å²) in [6, 6.07) is 3.63. The Morgan fingerprint density at radius 1 is 1.03 bits per heavy atom. The summed E-state index contributed by atoms with van der Waals surface area (Å²) in [6.07, 6.45) is 0.408. The maximum absolute atomic E-state index is 13.5. The average molecular weight is 477 g/mol. The van der Waals surface area contributed by atoms with Crippen LogP contribution >= 0.6 is 0 Å². The molecule has 3 aliphatic rings. The number of β-lactam (4-membered cyclic amide) rings is 1. The van der Waals surface area contributed by atoms with Gasteiger partial charge in [-0.25, -0.2) is 13.2 Å². The molecule has 0 spiro atoms. The van der Waals surface area contributed by atoms with Gasteiger partial charge in [-0.05, 0) is 51.7 Å². The number of fused-ring (bicyclic) bond motifs is 1. The van der Waals surface area contributed by atoms with Gasteiger partial charge in [-0.3, -0.25) is 14.5 Å². The smallest absolute Gasteiger partial charge is 0.340 e. The predicted molar refractivity (Wildman–Crippen MR) is 119 cm³/mol. The highest BCUT2D eigenvalue weighted by atomic mass is 32.2. The summed E-state index contributed by atoms with van der Waals surface area (Å²) in [5, 5.41) is -1.42. The van der Waals surface area contributed by atoms with Crippen LogP contribution in [0.25, 0.3) is 0 Å². The van der Waals surface area contributed by atoms with Crippen LogP contribution in [0.3, 0.4) is 0 Å². The molecule has 1 aromatic carbocycles. The predicted octanol–water partition coefficient (Wildman–Crippen LogP) is 1.60. The highest BCUT2D eigenvalue weighted by Gasteiger charge is 2.64. The first kappa shape index (κ1) is 23.4. The first-order valence-electron chi connectivity index (χ1n) is 10.9. The summed E-state index contributed by atoms with van der Waals surface area (Å²) in [5.74, 6) is -1.82. The number of ether oxygens (including phenoxy) is 2. The van der Waals surface area contributed by atoms with Crippen LogP contribution in [-0.2, 0) is 28.9 Å². The van der Waals surface area contributed by atoms with Crippen molar-refractivity contribution in [2.24, 2.45) is 0 Å². The van der Waals surface area contributed by atoms with E-state index in [0.717, 1.165) is 23.3 Å². The molecule has 1 aromatic rings. The van der Waals surface area contributed by atoms with Crippen molar-refractivity contribution in [3.05, 3.63) is 45.7 Å². The van der Waals surface area contributed by atoms with Crippen molar-refractivity contribution < 1.29 is 32.3 Å². The molecule has 2 fully saturated rings. The van der Waals surface area contributed by atoms with E-state index < -0.39 is 44.5 Å². The fourth-order valence-corrected chi connectivity index (χ4v) is 7.20. The van der Waals surface area contributed by atoms with Gasteiger partial charge in [0.2, 0.25) is 15.3 Å². The number of hydrogen-bond acceptors (Lipinski definition) is 7. The van der Waals surface area contributed by atoms with Gasteiger partial charge in [-0.15, -0.1) is 0 Å². The van der Waals surface area contributed by atoms with Crippen molar-refractivity contribution in [3.63, 3.8) is 0 Å². The van der Waals surface area contributed by atoms with Gasteiger partial charge in [0.05, 0.1) is 5.56 Å². The Balaban J connectivity index is 1.79. The van der Waals surface area contributed by atoms with Crippen molar-refractivity contribution in [2.75, 3.05) is 20.2 Å². The van der Waals surface area contributed by atoms with Crippen LogP contribution in [0.15, 0.2) is 23.4 Å². The van der Waals surface area contributed by atoms with E-state index in [4.69, 9.17) is 9.47 Å². The van der Waals surface area contributed by atoms with Gasteiger partial charge in [0.1, 0.15) is 5.70 Å². The van der Waals surface area contributed by atoms with Gasteiger partial charge >= 0.3 is 5.97 Å². The van der Waals surface area contributed by atoms with Gasteiger partial charge < -0.3 is 14.4 Å². The molecule has 33 heavy (non-hydrogen) atoms. The molecule has 9 nitrogen and oxygen atoms in total. The van der Waals surface area contributed by atoms with E-state index in [1.165, 1.54) is 14.0 Å². The number of carbonyl (C=O) groups is 3. The van der Waals surface area contributed by atoms with Crippen LogP contribution < -0.4 is 0 Å². The molecule has 2 amide bonds. The van der Waals surface area contributed by atoms with E-state index in [1.54, 1.807) is 18.7 Å². The monoisotopic (exact) mass is 476 g/mol. The number of methoxy groups -OCH3 is 1. The van der Waals surface area contributed by atoms with E-state index in [2.05, 4.69) is 0 Å². The fraction of sp³-hybridized carbons (Fsp3) is 0.522. The minimum Gasteiger partial charge on any atom is -0.437 e. The van der Waals surface area contributed by atoms with Gasteiger partial charge in [0.25, 0.3) is 11.8 Å². The van der Waals surface area contributed by atoms with E-state index in [1.807, 2.05) is 19.1 Å². The van der Waals surface area contributed by atoms with E-state index >= 15 is 0 Å². The number of carbonyl (C=O) groups excluding carboxylic acids is 3. The molecule has 10 heteroatoms. The summed E-state index contributed by atoms with van der Waals surface area (Å²) in [5.41, 5.74) is 0.872. The van der Waals surface area contributed by atoms with Crippen LogP contribution in [-0.4, -0.2) is 73.1 Å². The van der Waals surface area contributed by atoms with E-state index in [0.29, 0.717) is 24.2 Å². The van der Waals surface area contributed by atoms with Crippen molar-refractivity contribution >= 4 is 27.6 Å². The molecule has 0 N–H and O–H groups in total. The molecule has 0 aliphatic carbocycles. The number of hydrogen-bond donors (Lipinski definition) is 0. The van der Waals surface area contributed by atoms with Gasteiger partial charge in [0, 0.05) is 25.8 Å². The van der Waals surface area contributed by atoms with Crippen LogP contribution in [0.5, 0.6) is 0 Å². The second kappa shape index (κ2) is 8.25. The highest BCUT2D eigenvalue weighted by Crippen LogP contribution is 2.42. The van der Waals surface area contributed by atoms with Crippen LogP contribution in [0.4, 0.5) is 0 Å². The first-order valence-corrected chi connectivity index (χ1v) is 12.5. The van der Waals surface area contributed by atoms with Crippen molar-refractivity contribution in [3.8, 4) is 0 Å². The third kappa shape index (κ3) is 3.56. The normalized spacial score (nSPS) is 26.2. The van der Waals surface area contributed by atoms with Crippen molar-refractivity contribution in [1.82, 2.24) is 9.80 Å². The molecular formula is C23H28N2O7S. The molecule has 0 radical (unpaired) electrons. The molecule has 4 rings (SSSR count). The Kier molecular flexibility index (Phi) is 5.86. The van der Waals surface area contributed by atoms with Crippen molar-refractivity contribution in [2.45, 2.75) is 57.5 Å². The highest BCUT2D eigenvalue weighted by molar-refractivity contribution is 7.93. The van der Waals surface area contributed by atoms with Crippen LogP contribution in [0, 0.1) is 20.8 Å². The molecule has 2 saturated heterocycles. The number of aryl methyl sites for hydroxylation is 3. The number of amides is 2. The maximum atomic E-state index is 13.5. The van der Waals surface area contributed by atoms with Gasteiger partial charge in [-0.1, -0.05) is 17.7 Å². The van der Waals surface area contributed by atoms with Crippen LogP contribution in [0.2, 0.25) is 0 Å². The number of nitrogens with zero attached hydrogens (tertiary/aromatic N) is 2. The molecule has 0 bridgehead atoms. The number of benzene rings is 1. The number of rotatable bonds is 4. The molecule has 3 heterocycles. The lowest BCUT2D eigenvalue weighted by Crippen LogP contribution is -2.72. The first-order chi connectivity index (χ1) is 15.5. The Hall–Kier alpha value is -2.72. The van der Waals surface area contributed by atoms with Gasteiger partial charge in [-0.2, -0.15) is 0 Å². The Morgan fingerprint density at radius 3 is 2.15 bits per heavy atom. The SMILES string of the molecule is CO[C@@H]1C(=O)N2C(C(=O)N3CCCC3)=C(C)C(OC(=O)c3c(C)cc(C)cc3C)S(=O)(=O)[C@H]12. The third-order valence-corrected chi connectivity index (χ3v) is 8.72. The summed E-state index contributed by atoms with van der Waals surface area (Å²) >= 11 is 0. The van der Waals surface area contributed by atoms with Crippen LogP contribution in [0.1, 0.15) is 46.8 Å². The Labute approximate surface area is 193 Å². The maximum Gasteiger partial charge on any atom is 0.340 e. The second-order valence-electron chi connectivity index (χ2n) is 8.89. The topological polar surface area (TPSA) is 110 Å². The largest absolute Gasteiger partial charge is 0.437 e. The number of esters is 1. The summed E-state index contributed by atoms with van der Waals surface area (Å²) in [4.78, 5) is 41.7.